The molecule has 2 rings (SSSR count). The summed E-state index contributed by atoms with van der Waals surface area (Å²) in [5.74, 6) is 1.05. The summed E-state index contributed by atoms with van der Waals surface area (Å²) in [6, 6.07) is 3.36. The zero-order chi connectivity index (χ0) is 20.9. The molecule has 0 amide bonds. The molecule has 10 heteroatoms. The van der Waals surface area contributed by atoms with E-state index in [9.17, 15) is 8.42 Å². The highest BCUT2D eigenvalue weighted by Gasteiger charge is 2.21. The van der Waals surface area contributed by atoms with Gasteiger partial charge in [-0.15, -0.1) is 11.3 Å². The quantitative estimate of drug-likeness (QED) is 0.515. The van der Waals surface area contributed by atoms with Gasteiger partial charge in [0.25, 0.3) is 10.0 Å². The molecule has 0 unspecified atom stereocenters. The molecule has 0 fully saturated rings. The molecule has 0 bridgehead atoms. The molecule has 0 aromatic carbocycles. The van der Waals surface area contributed by atoms with Gasteiger partial charge in [0.2, 0.25) is 0 Å². The SMILES string of the molecule is CN=C(NCCN(C)S(=O)(=O)c1cccs1)N(C)Cc1cn(C)nc1C(C)C. The molecule has 2 aromatic rings. The third-order valence-corrected chi connectivity index (χ3v) is 7.56. The van der Waals surface area contributed by atoms with Gasteiger partial charge in [-0.2, -0.15) is 9.40 Å². The molecule has 8 nitrogen and oxygen atoms in total. The maximum Gasteiger partial charge on any atom is 0.252 e. The Bertz CT molecular complexity index is 887. The molecule has 0 aliphatic rings. The first-order valence-corrected chi connectivity index (χ1v) is 11.4. The van der Waals surface area contributed by atoms with Crippen LogP contribution in [-0.2, 0) is 23.6 Å². The van der Waals surface area contributed by atoms with E-state index in [0.29, 0.717) is 35.7 Å². The van der Waals surface area contributed by atoms with Crippen molar-refractivity contribution in [3.8, 4) is 0 Å². The van der Waals surface area contributed by atoms with E-state index >= 15 is 0 Å². The number of thiophene rings is 1. The van der Waals surface area contributed by atoms with Crippen molar-refractivity contribution in [2.45, 2.75) is 30.5 Å². The van der Waals surface area contributed by atoms with Crippen molar-refractivity contribution in [3.63, 3.8) is 0 Å². The Morgan fingerprint density at radius 3 is 2.68 bits per heavy atom. The summed E-state index contributed by atoms with van der Waals surface area (Å²) < 4.78 is 28.5. The summed E-state index contributed by atoms with van der Waals surface area (Å²) in [6.45, 7) is 5.73. The van der Waals surface area contributed by atoms with Crippen molar-refractivity contribution in [1.82, 2.24) is 24.3 Å². The van der Waals surface area contributed by atoms with Crippen LogP contribution < -0.4 is 5.32 Å². The lowest BCUT2D eigenvalue weighted by Gasteiger charge is -2.23. The number of guanidine groups is 1. The summed E-state index contributed by atoms with van der Waals surface area (Å²) in [7, 11) is 3.76. The van der Waals surface area contributed by atoms with E-state index in [-0.39, 0.29) is 0 Å². The molecule has 0 atom stereocenters. The third kappa shape index (κ3) is 5.33. The summed E-state index contributed by atoms with van der Waals surface area (Å²) in [5, 5.41) is 9.55. The van der Waals surface area contributed by atoms with Crippen LogP contribution in [0.15, 0.2) is 32.9 Å². The van der Waals surface area contributed by atoms with E-state index in [1.54, 1.807) is 31.6 Å². The second-order valence-electron chi connectivity index (χ2n) is 6.96. The normalized spacial score (nSPS) is 12.8. The van der Waals surface area contributed by atoms with E-state index in [1.807, 2.05) is 29.9 Å². The molecule has 1 N–H and O–H groups in total. The number of hydrogen-bond donors (Lipinski definition) is 1. The largest absolute Gasteiger partial charge is 0.355 e. The summed E-state index contributed by atoms with van der Waals surface area (Å²) in [5.41, 5.74) is 2.23. The van der Waals surface area contributed by atoms with Crippen LogP contribution in [0.5, 0.6) is 0 Å². The van der Waals surface area contributed by atoms with Crippen molar-refractivity contribution in [1.29, 1.82) is 0 Å². The second-order valence-corrected chi connectivity index (χ2v) is 10.2. The number of nitrogens with zero attached hydrogens (tertiary/aromatic N) is 5. The van der Waals surface area contributed by atoms with Crippen molar-refractivity contribution in [2.75, 3.05) is 34.2 Å². The van der Waals surface area contributed by atoms with Crippen LogP contribution >= 0.6 is 11.3 Å². The summed E-state index contributed by atoms with van der Waals surface area (Å²) >= 11 is 1.22. The van der Waals surface area contributed by atoms with E-state index in [1.165, 1.54) is 15.6 Å². The molecule has 28 heavy (non-hydrogen) atoms. The smallest absolute Gasteiger partial charge is 0.252 e. The minimum atomic E-state index is -3.43. The maximum atomic E-state index is 12.5. The molecule has 2 heterocycles. The van der Waals surface area contributed by atoms with E-state index in [4.69, 9.17) is 0 Å². The first kappa shape index (κ1) is 22.4. The Labute approximate surface area is 171 Å². The highest BCUT2D eigenvalue weighted by atomic mass is 32.2. The van der Waals surface area contributed by atoms with E-state index in [0.717, 1.165) is 11.3 Å². The number of aryl methyl sites for hydroxylation is 1. The van der Waals surface area contributed by atoms with Crippen LogP contribution in [-0.4, -0.2) is 67.6 Å². The van der Waals surface area contributed by atoms with Crippen LogP contribution in [0, 0.1) is 0 Å². The first-order chi connectivity index (χ1) is 13.2. The second kappa shape index (κ2) is 9.53. The molecule has 156 valence electrons. The molecule has 0 aliphatic heterocycles. The minimum absolute atomic E-state index is 0.343. The lowest BCUT2D eigenvalue weighted by Crippen LogP contribution is -2.42. The van der Waals surface area contributed by atoms with Crippen LogP contribution in [0.25, 0.3) is 0 Å². The van der Waals surface area contributed by atoms with Gasteiger partial charge >= 0.3 is 0 Å². The maximum absolute atomic E-state index is 12.5. The highest BCUT2D eigenvalue weighted by molar-refractivity contribution is 7.91. The number of likely N-dealkylation sites (N-methyl/N-ethyl adjacent to an activating group) is 1. The van der Waals surface area contributed by atoms with E-state index < -0.39 is 10.0 Å². The molecular formula is C18H30N6O2S2. The number of nitrogens with one attached hydrogen (secondary N) is 1. The van der Waals surface area contributed by atoms with Gasteiger partial charge in [0.1, 0.15) is 4.21 Å². The fourth-order valence-electron chi connectivity index (χ4n) is 2.89. The molecule has 0 radical (unpaired) electrons. The van der Waals surface area contributed by atoms with Crippen molar-refractivity contribution in [2.24, 2.45) is 12.0 Å². The molecule has 0 aliphatic carbocycles. The van der Waals surface area contributed by atoms with Crippen molar-refractivity contribution in [3.05, 3.63) is 35.0 Å². The standard InChI is InChI=1S/C18H30N6O2S2/c1-14(2)17-15(13-23(5)21-17)12-22(4)18(19-3)20-9-10-24(6)28(25,26)16-8-7-11-27-16/h7-8,11,13-14H,9-10,12H2,1-6H3,(H,19,20). The average molecular weight is 427 g/mol. The van der Waals surface area contributed by atoms with Gasteiger partial charge in [0.15, 0.2) is 5.96 Å². The molecule has 0 saturated carbocycles. The fraction of sp³-hybridized carbons (Fsp3) is 0.556. The average Bonchev–Trinajstić information content (AvgIpc) is 3.28. The van der Waals surface area contributed by atoms with Crippen LogP contribution in [0.4, 0.5) is 0 Å². The lowest BCUT2D eigenvalue weighted by molar-refractivity contribution is 0.449. The summed E-state index contributed by atoms with van der Waals surface area (Å²) in [4.78, 5) is 6.32. The van der Waals surface area contributed by atoms with Gasteiger partial charge in [-0.3, -0.25) is 9.67 Å². The van der Waals surface area contributed by atoms with Crippen LogP contribution in [0.3, 0.4) is 0 Å². The van der Waals surface area contributed by atoms with Gasteiger partial charge in [0.05, 0.1) is 5.69 Å². The van der Waals surface area contributed by atoms with Crippen LogP contribution in [0.1, 0.15) is 31.0 Å². The van der Waals surface area contributed by atoms with E-state index in [2.05, 4.69) is 29.3 Å². The van der Waals surface area contributed by atoms with Crippen LogP contribution in [0.2, 0.25) is 0 Å². The Kier molecular flexibility index (Phi) is 7.62. The highest BCUT2D eigenvalue weighted by Crippen LogP contribution is 2.20. The Morgan fingerprint density at radius 1 is 1.39 bits per heavy atom. The Balaban J connectivity index is 1.94. The number of rotatable bonds is 8. The van der Waals surface area contributed by atoms with Gasteiger partial charge in [-0.1, -0.05) is 19.9 Å². The topological polar surface area (TPSA) is 82.8 Å². The Hall–Kier alpha value is -1.91. The number of hydrogen-bond acceptors (Lipinski definition) is 5. The lowest BCUT2D eigenvalue weighted by atomic mass is 10.1. The van der Waals surface area contributed by atoms with Gasteiger partial charge in [-0.25, -0.2) is 8.42 Å². The number of aliphatic imine (C=N–C) groups is 1. The zero-order valence-electron chi connectivity index (χ0n) is 17.4. The number of sulfonamides is 1. The number of aromatic nitrogens is 2. The predicted octanol–water partition coefficient (Wildman–Crippen LogP) is 1.93. The predicted molar refractivity (Wildman–Crippen MR) is 114 cm³/mol. The zero-order valence-corrected chi connectivity index (χ0v) is 19.0. The molecule has 0 spiro atoms. The molecule has 2 aromatic heterocycles. The molecular weight excluding hydrogens is 396 g/mol. The summed E-state index contributed by atoms with van der Waals surface area (Å²) in [6.07, 6.45) is 2.03. The van der Waals surface area contributed by atoms with Crippen molar-refractivity contribution < 1.29 is 8.42 Å². The van der Waals surface area contributed by atoms with Gasteiger partial charge < -0.3 is 10.2 Å². The monoisotopic (exact) mass is 426 g/mol. The fourth-order valence-corrected chi connectivity index (χ4v) is 5.26. The Morgan fingerprint density at radius 2 is 2.11 bits per heavy atom. The van der Waals surface area contributed by atoms with Gasteiger partial charge in [0, 0.05) is 59.6 Å². The first-order valence-electron chi connectivity index (χ1n) is 9.10. The molecule has 0 saturated heterocycles. The van der Waals surface area contributed by atoms with Gasteiger partial charge in [-0.05, 0) is 17.4 Å². The minimum Gasteiger partial charge on any atom is -0.355 e. The third-order valence-electron chi connectivity index (χ3n) is 4.33. The van der Waals surface area contributed by atoms with Crippen molar-refractivity contribution >= 4 is 27.3 Å².